The minimum atomic E-state index is -0.469. The summed E-state index contributed by atoms with van der Waals surface area (Å²) >= 11 is 0. The summed E-state index contributed by atoms with van der Waals surface area (Å²) in [6.45, 7) is 2.92. The number of rotatable bonds is 5. The van der Waals surface area contributed by atoms with Crippen molar-refractivity contribution in [3.63, 3.8) is 0 Å². The van der Waals surface area contributed by atoms with E-state index in [-0.39, 0.29) is 18.1 Å². The number of aliphatic hydroxyl groups is 1. The van der Waals surface area contributed by atoms with Gasteiger partial charge >= 0.3 is 0 Å². The summed E-state index contributed by atoms with van der Waals surface area (Å²) in [5.41, 5.74) is 0.602. The number of hydrogen-bond donors (Lipinski definition) is 1. The highest BCUT2D eigenvalue weighted by atomic mass is 19.1. The topological polar surface area (TPSA) is 49.8 Å². The molecular weight excluding hydrogens is 261 g/mol. The minimum Gasteiger partial charge on any atom is -0.384 e. The number of carbonyl (C=O) groups excluding carboxylic acids is 1. The molecular formula is C15H18FNO3. The number of halogens is 1. The molecule has 0 saturated heterocycles. The van der Waals surface area contributed by atoms with E-state index in [1.54, 1.807) is 12.0 Å². The van der Waals surface area contributed by atoms with E-state index in [1.807, 2.05) is 6.92 Å². The lowest BCUT2D eigenvalue weighted by atomic mass is 10.1. The molecule has 108 valence electrons. The molecule has 0 aliphatic heterocycles. The molecule has 0 aromatic heterocycles. The van der Waals surface area contributed by atoms with Gasteiger partial charge in [-0.25, -0.2) is 4.39 Å². The third-order valence-corrected chi connectivity index (χ3v) is 2.75. The summed E-state index contributed by atoms with van der Waals surface area (Å²) < 4.78 is 18.2. The molecule has 0 saturated carbocycles. The molecule has 0 unspecified atom stereocenters. The molecule has 0 fully saturated rings. The molecule has 0 aliphatic carbocycles. The number of benzene rings is 1. The van der Waals surface area contributed by atoms with Crippen molar-refractivity contribution < 1.29 is 19.0 Å². The van der Waals surface area contributed by atoms with Gasteiger partial charge in [0.15, 0.2) is 0 Å². The molecule has 1 aromatic carbocycles. The number of methoxy groups -OCH3 is 1. The lowest BCUT2D eigenvalue weighted by molar-refractivity contribution is 0.0706. The van der Waals surface area contributed by atoms with Crippen LogP contribution in [0.5, 0.6) is 0 Å². The van der Waals surface area contributed by atoms with Crippen LogP contribution in [0.3, 0.4) is 0 Å². The molecule has 1 aromatic rings. The quantitative estimate of drug-likeness (QED) is 0.826. The van der Waals surface area contributed by atoms with Crippen molar-refractivity contribution in [1.29, 1.82) is 0 Å². The van der Waals surface area contributed by atoms with Gasteiger partial charge in [-0.05, 0) is 25.1 Å². The lowest BCUT2D eigenvalue weighted by Crippen LogP contribution is -2.34. The van der Waals surface area contributed by atoms with E-state index in [4.69, 9.17) is 9.84 Å². The molecule has 0 aliphatic rings. The SMILES string of the molecule is CCN(CCOC)C(=O)c1ccc(F)cc1C#CCO. The molecule has 0 heterocycles. The molecule has 0 atom stereocenters. The molecule has 5 heteroatoms. The van der Waals surface area contributed by atoms with Crippen molar-refractivity contribution in [3.05, 3.63) is 35.1 Å². The van der Waals surface area contributed by atoms with Gasteiger partial charge in [0, 0.05) is 25.8 Å². The standard InChI is InChI=1S/C15H18FNO3/c1-3-17(8-10-20-2)15(19)14-7-6-13(16)11-12(14)5-4-9-18/h6-7,11,18H,3,8-10H2,1-2H3. The predicted octanol–water partition coefficient (Wildman–Crippen LogP) is 1.28. The van der Waals surface area contributed by atoms with E-state index in [9.17, 15) is 9.18 Å². The molecule has 1 amide bonds. The first-order valence-corrected chi connectivity index (χ1v) is 6.31. The molecule has 1 N–H and O–H groups in total. The molecule has 0 bridgehead atoms. The fraction of sp³-hybridized carbons (Fsp3) is 0.400. The van der Waals surface area contributed by atoms with Crippen LogP contribution in [0.2, 0.25) is 0 Å². The van der Waals surface area contributed by atoms with Crippen LogP contribution in [0.1, 0.15) is 22.8 Å². The van der Waals surface area contributed by atoms with Crippen LogP contribution in [0.15, 0.2) is 18.2 Å². The lowest BCUT2D eigenvalue weighted by Gasteiger charge is -2.21. The zero-order chi connectivity index (χ0) is 15.0. The summed E-state index contributed by atoms with van der Waals surface area (Å²) in [7, 11) is 1.56. The number of amides is 1. The molecule has 0 radical (unpaired) electrons. The maximum atomic E-state index is 13.2. The first kappa shape index (κ1) is 16.2. The van der Waals surface area contributed by atoms with Gasteiger partial charge in [-0.3, -0.25) is 4.79 Å². The number of hydrogen-bond acceptors (Lipinski definition) is 3. The smallest absolute Gasteiger partial charge is 0.255 e. The molecule has 1 rings (SSSR count). The second kappa shape index (κ2) is 8.31. The third kappa shape index (κ3) is 4.34. The zero-order valence-electron chi connectivity index (χ0n) is 11.6. The number of aliphatic hydroxyl groups excluding tert-OH is 1. The monoisotopic (exact) mass is 279 g/mol. The van der Waals surface area contributed by atoms with E-state index >= 15 is 0 Å². The van der Waals surface area contributed by atoms with E-state index in [0.717, 1.165) is 0 Å². The van der Waals surface area contributed by atoms with E-state index in [0.29, 0.717) is 25.3 Å². The highest BCUT2D eigenvalue weighted by Crippen LogP contribution is 2.13. The fourth-order valence-electron chi connectivity index (χ4n) is 1.72. The summed E-state index contributed by atoms with van der Waals surface area (Å²) in [4.78, 5) is 14.0. The Bertz CT molecular complexity index is 520. The van der Waals surface area contributed by atoms with Crippen LogP contribution in [0, 0.1) is 17.7 Å². The second-order valence-electron chi connectivity index (χ2n) is 4.03. The predicted molar refractivity (Wildman–Crippen MR) is 73.8 cm³/mol. The zero-order valence-corrected chi connectivity index (χ0v) is 11.6. The Morgan fingerprint density at radius 2 is 2.25 bits per heavy atom. The van der Waals surface area contributed by atoms with Gasteiger partial charge in [0.05, 0.1) is 12.2 Å². The maximum absolute atomic E-state index is 13.2. The van der Waals surface area contributed by atoms with Crippen LogP contribution >= 0.6 is 0 Å². The number of carbonyl (C=O) groups is 1. The van der Waals surface area contributed by atoms with Crippen LogP contribution in [-0.2, 0) is 4.74 Å². The third-order valence-electron chi connectivity index (χ3n) is 2.75. The Morgan fingerprint density at radius 1 is 1.50 bits per heavy atom. The number of ether oxygens (including phenoxy) is 1. The van der Waals surface area contributed by atoms with Gasteiger partial charge in [-0.2, -0.15) is 0 Å². The average molecular weight is 279 g/mol. The Kier molecular flexibility index (Phi) is 6.71. The first-order valence-electron chi connectivity index (χ1n) is 6.31. The van der Waals surface area contributed by atoms with Gasteiger partial charge in [-0.1, -0.05) is 11.8 Å². The summed E-state index contributed by atoms with van der Waals surface area (Å²) in [6, 6.07) is 3.83. The van der Waals surface area contributed by atoms with Gasteiger partial charge in [0.25, 0.3) is 5.91 Å². The fourth-order valence-corrected chi connectivity index (χ4v) is 1.72. The highest BCUT2D eigenvalue weighted by molar-refractivity contribution is 5.96. The second-order valence-corrected chi connectivity index (χ2v) is 4.03. The summed E-state index contributed by atoms with van der Waals surface area (Å²) in [5.74, 6) is 4.33. The van der Waals surface area contributed by atoms with E-state index in [2.05, 4.69) is 11.8 Å². The van der Waals surface area contributed by atoms with Crippen LogP contribution in [0.4, 0.5) is 4.39 Å². The summed E-state index contributed by atoms with van der Waals surface area (Å²) in [6.07, 6.45) is 0. The largest absolute Gasteiger partial charge is 0.384 e. The Morgan fingerprint density at radius 3 is 2.85 bits per heavy atom. The van der Waals surface area contributed by atoms with Crippen molar-refractivity contribution in [2.24, 2.45) is 0 Å². The normalized spacial score (nSPS) is 9.80. The number of likely N-dealkylation sites (N-methyl/N-ethyl adjacent to an activating group) is 1. The Hall–Kier alpha value is -1.90. The Labute approximate surface area is 118 Å². The van der Waals surface area contributed by atoms with Crippen molar-refractivity contribution in [2.75, 3.05) is 33.4 Å². The average Bonchev–Trinajstić information content (AvgIpc) is 2.45. The van der Waals surface area contributed by atoms with Gasteiger partial charge in [-0.15, -0.1) is 0 Å². The maximum Gasteiger partial charge on any atom is 0.255 e. The van der Waals surface area contributed by atoms with Crippen molar-refractivity contribution in [2.45, 2.75) is 6.92 Å². The molecule has 4 nitrogen and oxygen atoms in total. The Balaban J connectivity index is 3.07. The van der Waals surface area contributed by atoms with Crippen molar-refractivity contribution in [1.82, 2.24) is 4.90 Å². The van der Waals surface area contributed by atoms with Crippen molar-refractivity contribution in [3.8, 4) is 11.8 Å². The van der Waals surface area contributed by atoms with Crippen LogP contribution < -0.4 is 0 Å². The molecule has 20 heavy (non-hydrogen) atoms. The van der Waals surface area contributed by atoms with Crippen LogP contribution in [-0.4, -0.2) is 49.3 Å². The molecule has 0 spiro atoms. The van der Waals surface area contributed by atoms with E-state index in [1.165, 1.54) is 18.2 Å². The highest BCUT2D eigenvalue weighted by Gasteiger charge is 2.17. The van der Waals surface area contributed by atoms with Gasteiger partial charge < -0.3 is 14.7 Å². The number of nitrogens with zero attached hydrogens (tertiary/aromatic N) is 1. The van der Waals surface area contributed by atoms with Crippen LogP contribution in [0.25, 0.3) is 0 Å². The first-order chi connectivity index (χ1) is 9.63. The van der Waals surface area contributed by atoms with Crippen molar-refractivity contribution >= 4 is 5.91 Å². The van der Waals surface area contributed by atoms with E-state index < -0.39 is 5.82 Å². The summed E-state index contributed by atoms with van der Waals surface area (Å²) in [5, 5.41) is 8.72. The van der Waals surface area contributed by atoms with Gasteiger partial charge in [0.2, 0.25) is 0 Å². The van der Waals surface area contributed by atoms with Gasteiger partial charge in [0.1, 0.15) is 12.4 Å². The minimum absolute atomic E-state index is 0.230.